The summed E-state index contributed by atoms with van der Waals surface area (Å²) in [5.74, 6) is -0.505. The third-order valence-corrected chi connectivity index (χ3v) is 5.30. The number of aryl methyl sites for hydroxylation is 1. The molecule has 4 rings (SSSR count). The summed E-state index contributed by atoms with van der Waals surface area (Å²) in [6, 6.07) is 7.46. The molecule has 11 nitrogen and oxygen atoms in total. The number of carbonyl (C=O) groups excluding carboxylic acids is 1. The maximum absolute atomic E-state index is 12.6. The van der Waals surface area contributed by atoms with Crippen molar-refractivity contribution in [1.82, 2.24) is 19.9 Å². The van der Waals surface area contributed by atoms with Crippen LogP contribution >= 0.6 is 0 Å². The Morgan fingerprint density at radius 3 is 2.61 bits per heavy atom. The first-order valence-corrected chi connectivity index (χ1v) is 9.65. The van der Waals surface area contributed by atoms with Gasteiger partial charge in [-0.1, -0.05) is 12.1 Å². The fraction of sp³-hybridized carbons (Fsp3) is 0.250. The van der Waals surface area contributed by atoms with Crippen molar-refractivity contribution in [2.45, 2.75) is 31.8 Å². The van der Waals surface area contributed by atoms with E-state index in [1.807, 2.05) is 31.2 Å². The maximum Gasteiger partial charge on any atom is 0.404 e. The van der Waals surface area contributed by atoms with Gasteiger partial charge in [0.15, 0.2) is 5.65 Å². The van der Waals surface area contributed by atoms with Crippen molar-refractivity contribution in [3.05, 3.63) is 51.8 Å². The number of carbonyl (C=O) groups is 2. The summed E-state index contributed by atoms with van der Waals surface area (Å²) in [6.07, 6.45) is 1.09. The van der Waals surface area contributed by atoms with Crippen LogP contribution in [0.1, 0.15) is 35.2 Å². The Bertz CT molecular complexity index is 1250. The van der Waals surface area contributed by atoms with E-state index in [0.29, 0.717) is 12.2 Å². The third-order valence-electron chi connectivity index (χ3n) is 5.30. The zero-order valence-electron chi connectivity index (χ0n) is 16.6. The van der Waals surface area contributed by atoms with E-state index in [9.17, 15) is 14.4 Å². The summed E-state index contributed by atoms with van der Waals surface area (Å²) in [4.78, 5) is 43.6. The van der Waals surface area contributed by atoms with Gasteiger partial charge in [0.2, 0.25) is 11.4 Å². The predicted octanol–water partition coefficient (Wildman–Crippen LogP) is 1.36. The molecule has 31 heavy (non-hydrogen) atoms. The van der Waals surface area contributed by atoms with Crippen LogP contribution in [-0.2, 0) is 6.54 Å². The first-order chi connectivity index (χ1) is 14.8. The van der Waals surface area contributed by atoms with Gasteiger partial charge in [0.25, 0.3) is 5.91 Å². The van der Waals surface area contributed by atoms with E-state index in [0.717, 1.165) is 17.7 Å². The highest BCUT2D eigenvalue weighted by Gasteiger charge is 2.39. The molecule has 1 aliphatic rings. The number of hydrogen-bond acceptors (Lipinski definition) is 7. The second-order valence-electron chi connectivity index (χ2n) is 7.27. The number of rotatable bonds is 6. The summed E-state index contributed by atoms with van der Waals surface area (Å²) in [6.45, 7) is 2.18. The van der Waals surface area contributed by atoms with Crippen molar-refractivity contribution in [2.75, 3.05) is 11.1 Å². The SMILES string of the molecule is CCn1c(N)c(C(N)=O)c(=O)c2cnc(Nc3ccc(C4CC4NC(=O)O)cc3)nc21. The van der Waals surface area contributed by atoms with Crippen molar-refractivity contribution in [2.24, 2.45) is 5.73 Å². The van der Waals surface area contributed by atoms with Crippen molar-refractivity contribution in [1.29, 1.82) is 0 Å². The molecule has 0 radical (unpaired) electrons. The quantitative estimate of drug-likeness (QED) is 0.394. The highest BCUT2D eigenvalue weighted by Crippen LogP contribution is 2.41. The molecular formula is C20H21N7O4. The molecule has 0 aliphatic heterocycles. The van der Waals surface area contributed by atoms with Crippen LogP contribution in [0.4, 0.5) is 22.2 Å². The van der Waals surface area contributed by atoms with Gasteiger partial charge in [-0.3, -0.25) is 9.59 Å². The lowest BCUT2D eigenvalue weighted by atomic mass is 10.1. The minimum atomic E-state index is -1.02. The topological polar surface area (TPSA) is 178 Å². The summed E-state index contributed by atoms with van der Waals surface area (Å²) in [7, 11) is 0. The number of anilines is 3. The number of hydrogen-bond donors (Lipinski definition) is 5. The molecule has 2 heterocycles. The molecular weight excluding hydrogens is 402 g/mol. The van der Waals surface area contributed by atoms with Crippen LogP contribution in [0, 0.1) is 0 Å². The molecule has 7 N–H and O–H groups in total. The number of primary amides is 1. The van der Waals surface area contributed by atoms with E-state index >= 15 is 0 Å². The van der Waals surface area contributed by atoms with Gasteiger partial charge in [-0.25, -0.2) is 9.78 Å². The van der Waals surface area contributed by atoms with E-state index in [-0.39, 0.29) is 34.7 Å². The summed E-state index contributed by atoms with van der Waals surface area (Å²) in [5, 5.41) is 14.5. The minimum absolute atomic E-state index is 0.0320. The number of nitrogens with two attached hydrogens (primary N) is 2. The molecule has 1 aliphatic carbocycles. The van der Waals surface area contributed by atoms with Gasteiger partial charge in [0, 0.05) is 30.4 Å². The number of fused-ring (bicyclic) bond motifs is 1. The first kappa shape index (κ1) is 20.1. The number of pyridine rings is 1. The number of carboxylic acid groups (broad SMARTS) is 1. The van der Waals surface area contributed by atoms with Gasteiger partial charge in [0.1, 0.15) is 11.4 Å². The van der Waals surface area contributed by atoms with E-state index in [1.165, 1.54) is 10.8 Å². The van der Waals surface area contributed by atoms with Crippen LogP contribution in [0.3, 0.4) is 0 Å². The Kier molecular flexibility index (Phi) is 4.93. The van der Waals surface area contributed by atoms with Crippen molar-refractivity contribution < 1.29 is 14.7 Å². The van der Waals surface area contributed by atoms with Crippen LogP contribution in [0.15, 0.2) is 35.3 Å². The number of benzene rings is 1. The van der Waals surface area contributed by atoms with Crippen LogP contribution < -0.4 is 27.5 Å². The molecule has 0 bridgehead atoms. The monoisotopic (exact) mass is 423 g/mol. The Morgan fingerprint density at radius 2 is 2.00 bits per heavy atom. The van der Waals surface area contributed by atoms with Crippen LogP contribution in [0.2, 0.25) is 0 Å². The smallest absolute Gasteiger partial charge is 0.404 e. The zero-order chi connectivity index (χ0) is 22.3. The Labute approximate surface area is 176 Å². The van der Waals surface area contributed by atoms with Gasteiger partial charge in [-0.15, -0.1) is 0 Å². The summed E-state index contributed by atoms with van der Waals surface area (Å²) in [5.41, 5.74) is 12.5. The van der Waals surface area contributed by atoms with E-state index in [1.54, 1.807) is 0 Å². The fourth-order valence-corrected chi connectivity index (χ4v) is 3.68. The second kappa shape index (κ2) is 7.59. The van der Waals surface area contributed by atoms with Gasteiger partial charge < -0.3 is 31.8 Å². The lowest BCUT2D eigenvalue weighted by molar-refractivity contribution is 0.0999. The fourth-order valence-electron chi connectivity index (χ4n) is 3.68. The molecule has 2 unspecified atom stereocenters. The number of nitrogens with one attached hydrogen (secondary N) is 2. The standard InChI is InChI=1S/C20H21N7O4/c1-2-27-16(21)14(17(22)29)15(28)12-8-23-19(26-18(12)27)24-10-5-3-9(4-6-10)11-7-13(11)25-20(30)31/h3-6,8,11,13,25H,2,7,21H2,1H3,(H2,22,29)(H,30,31)(H,23,24,26). The van der Waals surface area contributed by atoms with Crippen molar-refractivity contribution in [3.63, 3.8) is 0 Å². The zero-order valence-corrected chi connectivity index (χ0v) is 16.6. The van der Waals surface area contributed by atoms with Crippen LogP contribution in [0.5, 0.6) is 0 Å². The van der Waals surface area contributed by atoms with Gasteiger partial charge >= 0.3 is 6.09 Å². The molecule has 1 aromatic carbocycles. The van der Waals surface area contributed by atoms with Gasteiger partial charge in [-0.05, 0) is 31.0 Å². The Morgan fingerprint density at radius 1 is 1.29 bits per heavy atom. The van der Waals surface area contributed by atoms with Crippen molar-refractivity contribution in [3.8, 4) is 0 Å². The van der Waals surface area contributed by atoms with E-state index in [2.05, 4.69) is 20.6 Å². The summed E-state index contributed by atoms with van der Waals surface area (Å²) >= 11 is 0. The molecule has 2 atom stereocenters. The third kappa shape index (κ3) is 3.72. The Balaban J connectivity index is 1.61. The number of amides is 2. The average Bonchev–Trinajstić information content (AvgIpc) is 3.47. The lowest BCUT2D eigenvalue weighted by Gasteiger charge is -2.14. The molecule has 3 aromatic rings. The van der Waals surface area contributed by atoms with Crippen molar-refractivity contribution >= 4 is 40.5 Å². The second-order valence-corrected chi connectivity index (χ2v) is 7.27. The highest BCUT2D eigenvalue weighted by molar-refractivity contribution is 6.00. The Hall–Kier alpha value is -4.15. The minimum Gasteiger partial charge on any atom is -0.465 e. The van der Waals surface area contributed by atoms with Gasteiger partial charge in [0.05, 0.1) is 5.39 Å². The predicted molar refractivity (Wildman–Crippen MR) is 114 cm³/mol. The number of nitrogen functional groups attached to an aromatic ring is 1. The van der Waals surface area contributed by atoms with Crippen LogP contribution in [0.25, 0.3) is 11.0 Å². The molecule has 0 saturated heterocycles. The molecule has 2 aromatic heterocycles. The normalized spacial score (nSPS) is 17.3. The number of nitrogens with zero attached hydrogens (tertiary/aromatic N) is 3. The van der Waals surface area contributed by atoms with Crippen LogP contribution in [-0.4, -0.2) is 37.7 Å². The molecule has 0 spiro atoms. The van der Waals surface area contributed by atoms with E-state index in [4.69, 9.17) is 16.6 Å². The van der Waals surface area contributed by atoms with E-state index < -0.39 is 17.4 Å². The largest absolute Gasteiger partial charge is 0.465 e. The average molecular weight is 423 g/mol. The molecule has 1 fully saturated rings. The molecule has 160 valence electrons. The molecule has 11 heteroatoms. The summed E-state index contributed by atoms with van der Waals surface area (Å²) < 4.78 is 1.54. The van der Waals surface area contributed by atoms with Gasteiger partial charge in [-0.2, -0.15) is 4.98 Å². The molecule has 1 saturated carbocycles. The lowest BCUT2D eigenvalue weighted by Crippen LogP contribution is -2.28. The highest BCUT2D eigenvalue weighted by atomic mass is 16.4. The maximum atomic E-state index is 12.6. The molecule has 2 amide bonds. The first-order valence-electron chi connectivity index (χ1n) is 9.65. The number of aromatic nitrogens is 3.